The van der Waals surface area contributed by atoms with Gasteiger partial charge < -0.3 is 14.7 Å². The molecule has 2 aromatic rings. The summed E-state index contributed by atoms with van der Waals surface area (Å²) in [6, 6.07) is 6.07. The van der Waals surface area contributed by atoms with Crippen molar-refractivity contribution in [3.63, 3.8) is 0 Å². The smallest absolute Gasteiger partial charge is 0.303 e. The van der Waals surface area contributed by atoms with Crippen LogP contribution in [0.25, 0.3) is 0 Å². The van der Waals surface area contributed by atoms with Crippen LogP contribution < -0.4 is 4.74 Å². The molecule has 0 unspecified atom stereocenters. The normalized spacial score (nSPS) is 23.6. The van der Waals surface area contributed by atoms with Crippen molar-refractivity contribution in [2.24, 2.45) is 11.8 Å². The second-order valence-electron chi connectivity index (χ2n) is 11.3. The number of nitrogens with zero attached hydrogens (tertiary/aromatic N) is 2. The number of ketones is 1. The molecule has 1 aromatic heterocycles. The number of benzene rings is 1. The third kappa shape index (κ3) is 4.74. The van der Waals surface area contributed by atoms with Crippen molar-refractivity contribution in [3.05, 3.63) is 58.0 Å². The van der Waals surface area contributed by atoms with Crippen molar-refractivity contribution in [3.8, 4) is 5.88 Å². The molecule has 196 valence electrons. The van der Waals surface area contributed by atoms with E-state index in [1.807, 2.05) is 19.9 Å². The Morgan fingerprint density at radius 3 is 2.65 bits per heavy atom. The van der Waals surface area contributed by atoms with Gasteiger partial charge in [0.25, 0.3) is 0 Å². The number of carboxylic acid groups (broad SMARTS) is 1. The Morgan fingerprint density at radius 1 is 1.19 bits per heavy atom. The maximum Gasteiger partial charge on any atom is 0.303 e. The second-order valence-corrected chi connectivity index (χ2v) is 11.3. The summed E-state index contributed by atoms with van der Waals surface area (Å²) in [7, 11) is 1.53. The molecule has 3 aliphatic rings. The fraction of sp³-hybridized carbons (Fsp3) is 0.517. The van der Waals surface area contributed by atoms with Gasteiger partial charge in [0, 0.05) is 43.4 Å². The fourth-order valence-electron chi connectivity index (χ4n) is 6.40. The lowest BCUT2D eigenvalue weighted by molar-refractivity contribution is -0.149. The van der Waals surface area contributed by atoms with E-state index in [0.717, 1.165) is 29.7 Å². The Kier molecular flexibility index (Phi) is 6.54. The maximum absolute atomic E-state index is 15.1. The monoisotopic (exact) mass is 508 g/mol. The molecule has 7 nitrogen and oxygen atoms in total. The van der Waals surface area contributed by atoms with E-state index in [4.69, 9.17) is 9.84 Å². The van der Waals surface area contributed by atoms with Gasteiger partial charge in [-0.2, -0.15) is 0 Å². The zero-order valence-corrected chi connectivity index (χ0v) is 21.6. The summed E-state index contributed by atoms with van der Waals surface area (Å²) in [6.07, 6.45) is 3.24. The van der Waals surface area contributed by atoms with Crippen LogP contribution in [0.5, 0.6) is 5.88 Å². The van der Waals surface area contributed by atoms with E-state index in [0.29, 0.717) is 42.8 Å². The van der Waals surface area contributed by atoms with Crippen molar-refractivity contribution < 1.29 is 28.6 Å². The predicted octanol–water partition coefficient (Wildman–Crippen LogP) is 4.19. The van der Waals surface area contributed by atoms with E-state index in [1.165, 1.54) is 13.2 Å². The lowest BCUT2D eigenvalue weighted by Crippen LogP contribution is -2.49. The number of hydrogen-bond donors (Lipinski definition) is 1. The van der Waals surface area contributed by atoms with Crippen LogP contribution in [-0.4, -0.2) is 46.3 Å². The van der Waals surface area contributed by atoms with Gasteiger partial charge in [-0.3, -0.25) is 14.4 Å². The molecule has 0 radical (unpaired) electrons. The number of rotatable bonds is 7. The minimum Gasteiger partial charge on any atom is -0.481 e. The molecule has 0 spiro atoms. The molecule has 1 aromatic carbocycles. The Bertz CT molecular complexity index is 1270. The molecule has 8 heteroatoms. The number of aliphatic carboxylic acids is 1. The van der Waals surface area contributed by atoms with Crippen LogP contribution in [0.3, 0.4) is 0 Å². The molecule has 37 heavy (non-hydrogen) atoms. The number of halogens is 1. The number of aryl methyl sites for hydroxylation is 1. The molecule has 2 aliphatic carbocycles. The van der Waals surface area contributed by atoms with E-state index in [-0.39, 0.29) is 47.6 Å². The standard InChI is InChI=1S/C29H33FN2O5/c1-29(2)8-6-18-10-17(13-21(30)26(18)29)14-23(33)27-20-4-5-24(37-3)31-22(20)7-9-32(27)28(36)19-11-16(12-19)15-25(34)35/h4-5,10,13,16,19,27H,6-9,11-12,14-15H2,1-3H3,(H,34,35)/t16?,19?,27-/m1/s1. The molecular weight excluding hydrogens is 475 g/mol. The number of fused-ring (bicyclic) bond motifs is 2. The molecule has 1 N–H and O–H groups in total. The highest BCUT2D eigenvalue weighted by Gasteiger charge is 2.43. The third-order valence-corrected chi connectivity index (χ3v) is 8.33. The number of pyridine rings is 1. The number of Topliss-reactive ketones (excluding diaryl/α,β-unsaturated/α-hetero) is 1. The third-order valence-electron chi connectivity index (χ3n) is 8.33. The van der Waals surface area contributed by atoms with Gasteiger partial charge in [0.05, 0.1) is 12.8 Å². The lowest BCUT2D eigenvalue weighted by Gasteiger charge is -2.42. The van der Waals surface area contributed by atoms with Crippen molar-refractivity contribution in [1.82, 2.24) is 9.88 Å². The number of carboxylic acids is 1. The van der Waals surface area contributed by atoms with E-state index in [9.17, 15) is 14.4 Å². The average Bonchev–Trinajstić information content (AvgIpc) is 3.13. The number of ether oxygens (including phenoxy) is 1. The van der Waals surface area contributed by atoms with E-state index >= 15 is 4.39 Å². The number of aromatic nitrogens is 1. The maximum atomic E-state index is 15.1. The zero-order valence-electron chi connectivity index (χ0n) is 21.6. The highest BCUT2D eigenvalue weighted by atomic mass is 19.1. The van der Waals surface area contributed by atoms with Crippen LogP contribution >= 0.6 is 0 Å². The molecule has 2 heterocycles. The number of carbonyl (C=O) groups is 3. The van der Waals surface area contributed by atoms with E-state index < -0.39 is 12.0 Å². The number of methoxy groups -OCH3 is 1. The van der Waals surface area contributed by atoms with E-state index in [1.54, 1.807) is 17.0 Å². The van der Waals surface area contributed by atoms with Crippen LogP contribution in [-0.2, 0) is 39.1 Å². The molecule has 1 saturated carbocycles. The van der Waals surface area contributed by atoms with Crippen LogP contribution in [0.1, 0.15) is 73.5 Å². The number of carbonyl (C=O) groups excluding carboxylic acids is 2. The summed E-state index contributed by atoms with van der Waals surface area (Å²) in [5.41, 5.74) is 3.48. The van der Waals surface area contributed by atoms with Gasteiger partial charge in [-0.05, 0) is 65.8 Å². The van der Waals surface area contributed by atoms with Gasteiger partial charge in [0.2, 0.25) is 11.8 Å². The summed E-state index contributed by atoms with van der Waals surface area (Å²) in [5.74, 6) is -1.29. The lowest BCUT2D eigenvalue weighted by atomic mass is 9.72. The first-order valence-corrected chi connectivity index (χ1v) is 13.0. The Hall–Kier alpha value is -3.29. The quantitative estimate of drug-likeness (QED) is 0.603. The van der Waals surface area contributed by atoms with Gasteiger partial charge >= 0.3 is 5.97 Å². The Labute approximate surface area is 216 Å². The van der Waals surface area contributed by atoms with E-state index in [2.05, 4.69) is 4.98 Å². The van der Waals surface area contributed by atoms with Gasteiger partial charge in [0.15, 0.2) is 5.78 Å². The number of hydrogen-bond acceptors (Lipinski definition) is 5. The Balaban J connectivity index is 1.42. The van der Waals surface area contributed by atoms with Gasteiger partial charge in [0.1, 0.15) is 11.9 Å². The van der Waals surface area contributed by atoms with Crippen LogP contribution in [0.15, 0.2) is 24.3 Å². The Morgan fingerprint density at radius 2 is 1.95 bits per heavy atom. The summed E-state index contributed by atoms with van der Waals surface area (Å²) in [6.45, 7) is 4.42. The molecule has 1 aliphatic heterocycles. The summed E-state index contributed by atoms with van der Waals surface area (Å²) in [5, 5.41) is 9.05. The van der Waals surface area contributed by atoms with Crippen molar-refractivity contribution >= 4 is 17.7 Å². The van der Waals surface area contributed by atoms with Crippen LogP contribution in [0, 0.1) is 17.7 Å². The molecule has 1 amide bonds. The topological polar surface area (TPSA) is 96.8 Å². The minimum absolute atomic E-state index is 0.0108. The average molecular weight is 509 g/mol. The SMILES string of the molecule is COc1ccc2c(n1)CCN(C(=O)C1CC(CC(=O)O)C1)[C@H]2C(=O)Cc1cc(F)c2c(c1)CCC2(C)C. The molecule has 0 bridgehead atoms. The molecule has 0 saturated heterocycles. The highest BCUT2D eigenvalue weighted by molar-refractivity contribution is 5.93. The second kappa shape index (κ2) is 9.54. The summed E-state index contributed by atoms with van der Waals surface area (Å²) in [4.78, 5) is 44.5. The fourth-order valence-corrected chi connectivity index (χ4v) is 6.40. The van der Waals surface area contributed by atoms with Gasteiger partial charge in [-0.1, -0.05) is 19.9 Å². The first-order valence-electron chi connectivity index (χ1n) is 13.0. The molecule has 1 fully saturated rings. The van der Waals surface area contributed by atoms with Crippen molar-refractivity contribution in [1.29, 1.82) is 0 Å². The first-order chi connectivity index (χ1) is 17.6. The van der Waals surface area contributed by atoms with Crippen molar-refractivity contribution in [2.75, 3.05) is 13.7 Å². The summed E-state index contributed by atoms with van der Waals surface area (Å²) < 4.78 is 20.4. The highest BCUT2D eigenvalue weighted by Crippen LogP contribution is 2.42. The summed E-state index contributed by atoms with van der Waals surface area (Å²) >= 11 is 0. The largest absolute Gasteiger partial charge is 0.481 e. The minimum atomic E-state index is -0.860. The number of amides is 1. The van der Waals surface area contributed by atoms with Crippen LogP contribution in [0.4, 0.5) is 4.39 Å². The van der Waals surface area contributed by atoms with Gasteiger partial charge in [-0.25, -0.2) is 9.37 Å². The first kappa shape index (κ1) is 25.4. The molecular formula is C29H33FN2O5. The van der Waals surface area contributed by atoms with Crippen molar-refractivity contribution in [2.45, 2.75) is 70.3 Å². The molecule has 5 rings (SSSR count). The molecule has 1 atom stereocenters. The zero-order chi connectivity index (χ0) is 26.5. The van der Waals surface area contributed by atoms with Gasteiger partial charge in [-0.15, -0.1) is 0 Å². The predicted molar refractivity (Wildman–Crippen MR) is 134 cm³/mol. The van der Waals surface area contributed by atoms with Crippen LogP contribution in [0.2, 0.25) is 0 Å².